The molecule has 6 heteroatoms. The predicted octanol–water partition coefficient (Wildman–Crippen LogP) is 4.28. The molecule has 26 heavy (non-hydrogen) atoms. The van der Waals surface area contributed by atoms with Crippen molar-refractivity contribution in [1.82, 2.24) is 14.5 Å². The molecule has 3 rings (SSSR count). The Morgan fingerprint density at radius 2 is 1.88 bits per heavy atom. The third-order valence-electron chi connectivity index (χ3n) is 4.70. The molecule has 0 aliphatic carbocycles. The van der Waals surface area contributed by atoms with Gasteiger partial charge in [-0.3, -0.25) is 9.36 Å². The molecule has 2 heterocycles. The van der Waals surface area contributed by atoms with Crippen molar-refractivity contribution in [2.75, 3.05) is 7.11 Å². The zero-order valence-electron chi connectivity index (χ0n) is 15.4. The highest BCUT2D eigenvalue weighted by atomic mass is 19.1. The number of ether oxygens (including phenoxy) is 1. The van der Waals surface area contributed by atoms with Crippen LogP contribution in [0, 0.1) is 12.7 Å². The number of nitrogens with zero attached hydrogens (tertiary/aromatic N) is 3. The SMILES string of the molecule is CCC(CC)n1c(=O)ccc2c(-c3ccc(F)cc3C)nc(OC)nc21. The minimum Gasteiger partial charge on any atom is -0.467 e. The van der Waals surface area contributed by atoms with Crippen molar-refractivity contribution < 1.29 is 9.13 Å². The summed E-state index contributed by atoms with van der Waals surface area (Å²) in [5.41, 5.74) is 2.61. The second-order valence-corrected chi connectivity index (χ2v) is 6.27. The van der Waals surface area contributed by atoms with Crippen LogP contribution >= 0.6 is 0 Å². The molecule has 1 aromatic carbocycles. The van der Waals surface area contributed by atoms with Gasteiger partial charge in [-0.15, -0.1) is 0 Å². The molecule has 0 aliphatic heterocycles. The fourth-order valence-corrected chi connectivity index (χ4v) is 3.31. The van der Waals surface area contributed by atoms with Crippen LogP contribution in [0.2, 0.25) is 0 Å². The highest BCUT2D eigenvalue weighted by molar-refractivity contribution is 5.91. The van der Waals surface area contributed by atoms with Crippen LogP contribution in [0.1, 0.15) is 38.3 Å². The Morgan fingerprint density at radius 3 is 2.50 bits per heavy atom. The van der Waals surface area contributed by atoms with Crippen molar-refractivity contribution in [2.45, 2.75) is 39.7 Å². The summed E-state index contributed by atoms with van der Waals surface area (Å²) in [4.78, 5) is 21.5. The summed E-state index contributed by atoms with van der Waals surface area (Å²) in [5, 5.41) is 0.743. The lowest BCUT2D eigenvalue weighted by Crippen LogP contribution is -2.25. The number of hydrogen-bond acceptors (Lipinski definition) is 4. The Balaban J connectivity index is 2.41. The average Bonchev–Trinajstić information content (AvgIpc) is 2.63. The van der Waals surface area contributed by atoms with E-state index in [1.807, 2.05) is 20.8 Å². The lowest BCUT2D eigenvalue weighted by molar-refractivity contribution is 0.380. The van der Waals surface area contributed by atoms with E-state index in [9.17, 15) is 9.18 Å². The van der Waals surface area contributed by atoms with Crippen molar-refractivity contribution >= 4 is 11.0 Å². The third kappa shape index (κ3) is 3.07. The maximum Gasteiger partial charge on any atom is 0.318 e. The number of benzene rings is 1. The minimum atomic E-state index is -0.300. The molecule has 0 spiro atoms. The topological polar surface area (TPSA) is 57.0 Å². The first kappa shape index (κ1) is 18.0. The summed E-state index contributed by atoms with van der Waals surface area (Å²) >= 11 is 0. The molecule has 0 saturated heterocycles. The zero-order valence-corrected chi connectivity index (χ0v) is 15.4. The second kappa shape index (κ2) is 7.23. The van der Waals surface area contributed by atoms with Crippen molar-refractivity contribution in [3.05, 3.63) is 52.1 Å². The number of hydrogen-bond donors (Lipinski definition) is 0. The van der Waals surface area contributed by atoms with Gasteiger partial charge in [0.15, 0.2) is 5.65 Å². The Bertz CT molecular complexity index is 1010. The van der Waals surface area contributed by atoms with Crippen LogP contribution in [0.25, 0.3) is 22.3 Å². The Hall–Kier alpha value is -2.76. The van der Waals surface area contributed by atoms with Gasteiger partial charge in [0.1, 0.15) is 5.82 Å². The van der Waals surface area contributed by atoms with Gasteiger partial charge in [0.05, 0.1) is 12.8 Å². The van der Waals surface area contributed by atoms with Crippen LogP contribution in [0.15, 0.2) is 35.1 Å². The maximum absolute atomic E-state index is 13.5. The summed E-state index contributed by atoms with van der Waals surface area (Å²) < 4.78 is 20.5. The molecule has 0 fully saturated rings. The second-order valence-electron chi connectivity index (χ2n) is 6.27. The number of aryl methyl sites for hydroxylation is 1. The summed E-state index contributed by atoms with van der Waals surface area (Å²) in [6, 6.07) is 8.05. The van der Waals surface area contributed by atoms with E-state index >= 15 is 0 Å². The van der Waals surface area contributed by atoms with E-state index in [1.54, 1.807) is 22.8 Å². The van der Waals surface area contributed by atoms with Gasteiger partial charge in [0, 0.05) is 23.1 Å². The molecule has 0 N–H and O–H groups in total. The van der Waals surface area contributed by atoms with Gasteiger partial charge in [-0.05, 0) is 49.6 Å². The van der Waals surface area contributed by atoms with E-state index < -0.39 is 0 Å². The van der Waals surface area contributed by atoms with Crippen LogP contribution in [-0.2, 0) is 0 Å². The van der Waals surface area contributed by atoms with E-state index in [0.717, 1.165) is 29.4 Å². The van der Waals surface area contributed by atoms with Crippen molar-refractivity contribution in [2.24, 2.45) is 0 Å². The highest BCUT2D eigenvalue weighted by Gasteiger charge is 2.19. The first-order valence-corrected chi connectivity index (χ1v) is 8.73. The summed E-state index contributed by atoms with van der Waals surface area (Å²) in [7, 11) is 1.49. The normalized spacial score (nSPS) is 11.3. The lowest BCUT2D eigenvalue weighted by Gasteiger charge is -2.19. The summed E-state index contributed by atoms with van der Waals surface area (Å²) in [5.74, 6) is -0.300. The first-order valence-electron chi connectivity index (χ1n) is 8.73. The molecular weight excluding hydrogens is 333 g/mol. The van der Waals surface area contributed by atoms with Gasteiger partial charge in [-0.1, -0.05) is 13.8 Å². The molecule has 2 aromatic heterocycles. The molecule has 0 radical (unpaired) electrons. The predicted molar refractivity (Wildman–Crippen MR) is 100 cm³/mol. The Morgan fingerprint density at radius 1 is 1.15 bits per heavy atom. The van der Waals surface area contributed by atoms with E-state index in [4.69, 9.17) is 4.74 Å². The smallest absolute Gasteiger partial charge is 0.318 e. The zero-order chi connectivity index (χ0) is 18.8. The van der Waals surface area contributed by atoms with Gasteiger partial charge < -0.3 is 4.74 Å². The van der Waals surface area contributed by atoms with Crippen LogP contribution < -0.4 is 10.3 Å². The van der Waals surface area contributed by atoms with E-state index in [2.05, 4.69) is 9.97 Å². The molecule has 0 saturated carbocycles. The molecule has 0 atom stereocenters. The number of pyridine rings is 1. The van der Waals surface area contributed by atoms with Gasteiger partial charge in [-0.2, -0.15) is 9.97 Å². The van der Waals surface area contributed by atoms with Crippen LogP contribution in [0.4, 0.5) is 4.39 Å². The standard InChI is InChI=1S/C20H22FN3O2/c1-5-14(6-2)24-17(25)10-9-16-18(22-20(26-4)23-19(16)24)15-8-7-13(21)11-12(15)3/h7-11,14H,5-6H2,1-4H3. The number of halogens is 1. The lowest BCUT2D eigenvalue weighted by atomic mass is 10.0. The maximum atomic E-state index is 13.5. The van der Waals surface area contributed by atoms with Crippen molar-refractivity contribution in [3.63, 3.8) is 0 Å². The number of rotatable bonds is 5. The molecule has 0 aliphatic rings. The molecule has 3 aromatic rings. The fraction of sp³-hybridized carbons (Fsp3) is 0.350. The molecule has 0 bridgehead atoms. The summed E-state index contributed by atoms with van der Waals surface area (Å²) in [6.07, 6.45) is 1.62. The Kier molecular flexibility index (Phi) is 5.02. The minimum absolute atomic E-state index is 0.0352. The molecule has 5 nitrogen and oxygen atoms in total. The third-order valence-corrected chi connectivity index (χ3v) is 4.70. The van der Waals surface area contributed by atoms with E-state index in [-0.39, 0.29) is 23.4 Å². The van der Waals surface area contributed by atoms with Gasteiger partial charge in [-0.25, -0.2) is 4.39 Å². The van der Waals surface area contributed by atoms with Crippen LogP contribution in [-0.4, -0.2) is 21.6 Å². The molecule has 0 amide bonds. The van der Waals surface area contributed by atoms with Gasteiger partial charge in [0.25, 0.3) is 5.56 Å². The highest BCUT2D eigenvalue weighted by Crippen LogP contribution is 2.31. The Labute approximate surface area is 151 Å². The van der Waals surface area contributed by atoms with E-state index in [1.165, 1.54) is 19.2 Å². The number of aromatic nitrogens is 3. The molecule has 136 valence electrons. The van der Waals surface area contributed by atoms with Crippen molar-refractivity contribution in [3.8, 4) is 17.3 Å². The first-order chi connectivity index (χ1) is 12.5. The number of methoxy groups -OCH3 is 1. The van der Waals surface area contributed by atoms with Crippen LogP contribution in [0.3, 0.4) is 0 Å². The van der Waals surface area contributed by atoms with Gasteiger partial charge in [0.2, 0.25) is 0 Å². The average molecular weight is 355 g/mol. The summed E-state index contributed by atoms with van der Waals surface area (Å²) in [6.45, 7) is 5.92. The largest absolute Gasteiger partial charge is 0.467 e. The van der Waals surface area contributed by atoms with Crippen LogP contribution in [0.5, 0.6) is 6.01 Å². The molecular formula is C20H22FN3O2. The fourth-order valence-electron chi connectivity index (χ4n) is 3.31. The monoisotopic (exact) mass is 355 g/mol. The van der Waals surface area contributed by atoms with Gasteiger partial charge >= 0.3 is 6.01 Å². The molecule has 0 unspecified atom stereocenters. The quantitative estimate of drug-likeness (QED) is 0.686. The van der Waals surface area contributed by atoms with E-state index in [0.29, 0.717) is 11.3 Å². The van der Waals surface area contributed by atoms with Crippen molar-refractivity contribution in [1.29, 1.82) is 0 Å². The number of fused-ring (bicyclic) bond motifs is 1.